The third kappa shape index (κ3) is 4.04. The van der Waals surface area contributed by atoms with Gasteiger partial charge < -0.3 is 5.32 Å². The summed E-state index contributed by atoms with van der Waals surface area (Å²) in [7, 11) is 0. The van der Waals surface area contributed by atoms with Crippen molar-refractivity contribution in [3.8, 4) is 5.69 Å². The number of amides is 1. The molecule has 0 aliphatic carbocycles. The molecule has 1 amide bonds. The van der Waals surface area contributed by atoms with Gasteiger partial charge in [-0.05, 0) is 59.0 Å². The number of benzene rings is 3. The lowest BCUT2D eigenvalue weighted by Crippen LogP contribution is -2.17. The van der Waals surface area contributed by atoms with Crippen LogP contribution in [0.1, 0.15) is 26.3 Å². The minimum atomic E-state index is -0.392. The first-order chi connectivity index (χ1) is 14.1. The molecule has 0 unspecified atom stereocenters. The number of rotatable bonds is 5. The number of ketones is 1. The van der Waals surface area contributed by atoms with Gasteiger partial charge >= 0.3 is 0 Å². The first-order valence-corrected chi connectivity index (χ1v) is 9.04. The highest BCUT2D eigenvalue weighted by atomic mass is 35.5. The molecule has 0 saturated carbocycles. The highest BCUT2D eigenvalue weighted by molar-refractivity contribution is 6.30. The highest BCUT2D eigenvalue weighted by Crippen LogP contribution is 2.19. The summed E-state index contributed by atoms with van der Waals surface area (Å²) in [6.07, 6.45) is 1.46. The minimum Gasteiger partial charge on any atom is -0.322 e. The van der Waals surface area contributed by atoms with Crippen molar-refractivity contribution in [3.05, 3.63) is 101 Å². The van der Waals surface area contributed by atoms with Gasteiger partial charge in [0, 0.05) is 21.8 Å². The Hall–Kier alpha value is -3.84. The second-order valence-corrected chi connectivity index (χ2v) is 6.58. The number of carbonyl (C=O) groups is 2. The molecular formula is C21H14ClN5O2. The lowest BCUT2D eigenvalue weighted by atomic mass is 9.98. The van der Waals surface area contributed by atoms with E-state index in [1.165, 1.54) is 11.0 Å². The summed E-state index contributed by atoms with van der Waals surface area (Å²) in [5.41, 5.74) is 2.29. The van der Waals surface area contributed by atoms with Gasteiger partial charge in [-0.1, -0.05) is 35.9 Å². The van der Waals surface area contributed by atoms with Gasteiger partial charge in [0.05, 0.1) is 11.3 Å². The van der Waals surface area contributed by atoms with E-state index in [9.17, 15) is 9.59 Å². The highest BCUT2D eigenvalue weighted by Gasteiger charge is 2.18. The molecule has 0 aliphatic rings. The molecule has 142 valence electrons. The van der Waals surface area contributed by atoms with E-state index in [4.69, 9.17) is 11.6 Å². The van der Waals surface area contributed by atoms with E-state index >= 15 is 0 Å². The Morgan fingerprint density at radius 1 is 0.897 bits per heavy atom. The summed E-state index contributed by atoms with van der Waals surface area (Å²) in [5, 5.41) is 14.4. The summed E-state index contributed by atoms with van der Waals surface area (Å²) in [6.45, 7) is 0. The summed E-state index contributed by atoms with van der Waals surface area (Å²) in [4.78, 5) is 25.8. The molecule has 0 radical (unpaired) electrons. The Balaban J connectivity index is 1.61. The predicted octanol–water partition coefficient (Wildman–Crippen LogP) is 3.80. The van der Waals surface area contributed by atoms with Gasteiger partial charge in [-0.2, -0.15) is 0 Å². The van der Waals surface area contributed by atoms with Crippen LogP contribution in [0.3, 0.4) is 0 Å². The van der Waals surface area contributed by atoms with Crippen LogP contribution in [0.25, 0.3) is 5.69 Å². The summed E-state index contributed by atoms with van der Waals surface area (Å²) in [6, 6.07) is 20.3. The van der Waals surface area contributed by atoms with Gasteiger partial charge in [-0.15, -0.1) is 5.10 Å². The summed E-state index contributed by atoms with van der Waals surface area (Å²) >= 11 is 5.89. The van der Waals surface area contributed by atoms with Crippen LogP contribution in [-0.4, -0.2) is 31.9 Å². The monoisotopic (exact) mass is 403 g/mol. The van der Waals surface area contributed by atoms with Gasteiger partial charge in [0.1, 0.15) is 6.33 Å². The van der Waals surface area contributed by atoms with Gasteiger partial charge in [0.25, 0.3) is 5.91 Å². The van der Waals surface area contributed by atoms with E-state index in [-0.39, 0.29) is 11.3 Å². The van der Waals surface area contributed by atoms with E-state index in [1.807, 2.05) is 6.07 Å². The SMILES string of the molecule is O=C(Nc1cccc(-n2cnnn2)c1)c1ccccc1C(=O)c1ccc(Cl)cc1. The Kier molecular flexibility index (Phi) is 5.13. The Morgan fingerprint density at radius 2 is 1.66 bits per heavy atom. The van der Waals surface area contributed by atoms with Crippen molar-refractivity contribution in [3.63, 3.8) is 0 Å². The van der Waals surface area contributed by atoms with Crippen LogP contribution in [0.15, 0.2) is 79.1 Å². The zero-order chi connectivity index (χ0) is 20.2. The van der Waals surface area contributed by atoms with Crippen molar-refractivity contribution in [1.29, 1.82) is 0 Å². The maximum Gasteiger partial charge on any atom is 0.256 e. The Bertz CT molecular complexity index is 1170. The van der Waals surface area contributed by atoms with Crippen LogP contribution >= 0.6 is 11.6 Å². The van der Waals surface area contributed by atoms with E-state index in [1.54, 1.807) is 66.7 Å². The fourth-order valence-electron chi connectivity index (χ4n) is 2.84. The maximum absolute atomic E-state index is 12.9. The minimum absolute atomic E-state index is 0.255. The summed E-state index contributed by atoms with van der Waals surface area (Å²) < 4.78 is 1.48. The van der Waals surface area contributed by atoms with E-state index in [0.29, 0.717) is 27.5 Å². The molecule has 0 atom stereocenters. The van der Waals surface area contributed by atoms with Crippen molar-refractivity contribution in [2.75, 3.05) is 5.32 Å². The van der Waals surface area contributed by atoms with Crippen molar-refractivity contribution < 1.29 is 9.59 Å². The fraction of sp³-hybridized carbons (Fsp3) is 0. The molecule has 0 spiro atoms. The zero-order valence-corrected chi connectivity index (χ0v) is 15.7. The van der Waals surface area contributed by atoms with Crippen molar-refractivity contribution in [2.45, 2.75) is 0 Å². The van der Waals surface area contributed by atoms with Crippen LogP contribution in [0.5, 0.6) is 0 Å². The molecule has 7 nitrogen and oxygen atoms in total. The van der Waals surface area contributed by atoms with Gasteiger partial charge in [0.2, 0.25) is 0 Å². The third-order valence-corrected chi connectivity index (χ3v) is 4.49. The molecule has 1 N–H and O–H groups in total. The van der Waals surface area contributed by atoms with Crippen LogP contribution in [-0.2, 0) is 0 Å². The van der Waals surface area contributed by atoms with Gasteiger partial charge in [-0.3, -0.25) is 9.59 Å². The smallest absolute Gasteiger partial charge is 0.256 e. The topological polar surface area (TPSA) is 89.8 Å². The molecule has 0 aliphatic heterocycles. The Labute approximate surface area is 170 Å². The van der Waals surface area contributed by atoms with E-state index in [0.717, 1.165) is 0 Å². The van der Waals surface area contributed by atoms with Crippen LogP contribution < -0.4 is 5.32 Å². The second-order valence-electron chi connectivity index (χ2n) is 6.14. The molecule has 0 fully saturated rings. The molecular weight excluding hydrogens is 390 g/mol. The Morgan fingerprint density at radius 3 is 2.38 bits per heavy atom. The quantitative estimate of drug-likeness (QED) is 0.512. The number of nitrogens with one attached hydrogen (secondary N) is 1. The number of nitrogens with zero attached hydrogens (tertiary/aromatic N) is 4. The molecule has 1 heterocycles. The van der Waals surface area contributed by atoms with Crippen molar-refractivity contribution in [1.82, 2.24) is 20.2 Å². The number of hydrogen-bond acceptors (Lipinski definition) is 5. The van der Waals surface area contributed by atoms with Crippen LogP contribution in [0.2, 0.25) is 5.02 Å². The first-order valence-electron chi connectivity index (χ1n) is 8.66. The lowest BCUT2D eigenvalue weighted by Gasteiger charge is -2.11. The third-order valence-electron chi connectivity index (χ3n) is 4.24. The second kappa shape index (κ2) is 8.04. The normalized spacial score (nSPS) is 10.5. The van der Waals surface area contributed by atoms with E-state index < -0.39 is 5.91 Å². The van der Waals surface area contributed by atoms with Gasteiger partial charge in [-0.25, -0.2) is 4.68 Å². The average Bonchev–Trinajstić information content (AvgIpc) is 3.29. The lowest BCUT2D eigenvalue weighted by molar-refractivity contribution is 0.0996. The number of halogens is 1. The number of carbonyl (C=O) groups excluding carboxylic acids is 2. The fourth-order valence-corrected chi connectivity index (χ4v) is 2.97. The molecule has 3 aromatic carbocycles. The molecule has 0 saturated heterocycles. The van der Waals surface area contributed by atoms with E-state index in [2.05, 4.69) is 20.8 Å². The molecule has 4 rings (SSSR count). The maximum atomic E-state index is 12.9. The zero-order valence-electron chi connectivity index (χ0n) is 15.0. The molecule has 29 heavy (non-hydrogen) atoms. The van der Waals surface area contributed by atoms with Crippen LogP contribution in [0.4, 0.5) is 5.69 Å². The summed E-state index contributed by atoms with van der Waals surface area (Å²) in [5.74, 6) is -0.647. The number of aromatic nitrogens is 4. The standard InChI is InChI=1S/C21H14ClN5O2/c22-15-10-8-14(9-11-15)20(28)18-6-1-2-7-19(18)21(29)24-16-4-3-5-17(12-16)27-13-23-25-26-27/h1-13H,(H,24,29). The molecule has 4 aromatic rings. The number of anilines is 1. The average molecular weight is 404 g/mol. The molecule has 8 heteroatoms. The largest absolute Gasteiger partial charge is 0.322 e. The molecule has 1 aromatic heterocycles. The number of tetrazole rings is 1. The van der Waals surface area contributed by atoms with Gasteiger partial charge in [0.15, 0.2) is 5.78 Å². The van der Waals surface area contributed by atoms with Crippen LogP contribution in [0, 0.1) is 0 Å². The van der Waals surface area contributed by atoms with Crippen molar-refractivity contribution >= 4 is 29.0 Å². The number of hydrogen-bond donors (Lipinski definition) is 1. The molecule has 0 bridgehead atoms. The first kappa shape index (κ1) is 18.5. The van der Waals surface area contributed by atoms with Crippen molar-refractivity contribution in [2.24, 2.45) is 0 Å². The predicted molar refractivity (Wildman–Crippen MR) is 108 cm³/mol.